The van der Waals surface area contributed by atoms with Crippen LogP contribution in [0.5, 0.6) is 0 Å². The fourth-order valence-corrected chi connectivity index (χ4v) is 2.01. The molecule has 0 spiro atoms. The number of hydrogen-bond acceptors (Lipinski definition) is 1. The van der Waals surface area contributed by atoms with Crippen LogP contribution < -0.4 is 5.32 Å². The molecule has 100 valence electrons. The van der Waals surface area contributed by atoms with Gasteiger partial charge in [0.1, 0.15) is 5.38 Å². The normalized spacial score (nSPS) is 12.5. The number of rotatable bonds is 6. The fourth-order valence-electron chi connectivity index (χ4n) is 1.78. The van der Waals surface area contributed by atoms with E-state index in [1.807, 2.05) is 19.1 Å². The molecule has 0 bridgehead atoms. The van der Waals surface area contributed by atoms with E-state index in [2.05, 4.69) is 31.3 Å². The average molecular weight is 268 g/mol. The van der Waals surface area contributed by atoms with Crippen molar-refractivity contribution in [3.8, 4) is 0 Å². The zero-order valence-corrected chi connectivity index (χ0v) is 12.1. The van der Waals surface area contributed by atoms with Crippen molar-refractivity contribution in [2.45, 2.75) is 39.0 Å². The first kappa shape index (κ1) is 15.0. The third kappa shape index (κ3) is 4.69. The molecule has 1 aromatic carbocycles. The number of carbonyl (C=O) groups excluding carboxylic acids is 1. The Hall–Kier alpha value is -1.02. The van der Waals surface area contributed by atoms with Gasteiger partial charge in [-0.2, -0.15) is 0 Å². The summed E-state index contributed by atoms with van der Waals surface area (Å²) < 4.78 is 0. The molecule has 0 aromatic heterocycles. The molecule has 0 fully saturated rings. The largest absolute Gasteiger partial charge is 0.355 e. The van der Waals surface area contributed by atoms with E-state index >= 15 is 0 Å². The van der Waals surface area contributed by atoms with E-state index in [1.54, 1.807) is 0 Å². The lowest BCUT2D eigenvalue weighted by molar-refractivity contribution is -0.120. The molecule has 1 rings (SSSR count). The van der Waals surface area contributed by atoms with Crippen molar-refractivity contribution in [3.63, 3.8) is 0 Å². The monoisotopic (exact) mass is 267 g/mol. The van der Waals surface area contributed by atoms with E-state index in [4.69, 9.17) is 11.6 Å². The van der Waals surface area contributed by atoms with Crippen LogP contribution in [0.15, 0.2) is 24.3 Å². The fraction of sp³-hybridized carbons (Fsp3) is 0.533. The molecule has 2 nitrogen and oxygen atoms in total. The maximum Gasteiger partial charge on any atom is 0.242 e. The minimum Gasteiger partial charge on any atom is -0.355 e. The first-order valence-electron chi connectivity index (χ1n) is 6.55. The third-order valence-corrected chi connectivity index (χ3v) is 3.15. The van der Waals surface area contributed by atoms with Gasteiger partial charge >= 0.3 is 0 Å². The number of benzene rings is 1. The quantitative estimate of drug-likeness (QED) is 0.783. The molecule has 0 radical (unpaired) electrons. The number of carbonyl (C=O) groups is 1. The predicted octanol–water partition coefficient (Wildman–Crippen LogP) is 3.69. The molecular formula is C15H22ClNO. The Bertz CT molecular complexity index is 373. The van der Waals surface area contributed by atoms with Crippen LogP contribution in [0.1, 0.15) is 43.7 Å². The summed E-state index contributed by atoms with van der Waals surface area (Å²) in [7, 11) is 0. The van der Waals surface area contributed by atoms with Crippen LogP contribution in [-0.2, 0) is 11.2 Å². The van der Waals surface area contributed by atoms with E-state index < -0.39 is 5.38 Å². The third-order valence-electron chi connectivity index (χ3n) is 2.70. The molecule has 3 heteroatoms. The van der Waals surface area contributed by atoms with Gasteiger partial charge in [0, 0.05) is 6.54 Å². The second kappa shape index (κ2) is 7.42. The summed E-state index contributed by atoms with van der Waals surface area (Å²) in [5.41, 5.74) is 2.14. The van der Waals surface area contributed by atoms with Gasteiger partial charge in [0.2, 0.25) is 5.91 Å². The zero-order valence-electron chi connectivity index (χ0n) is 11.4. The number of halogens is 1. The molecule has 0 heterocycles. The van der Waals surface area contributed by atoms with Crippen LogP contribution in [0, 0.1) is 5.92 Å². The average Bonchev–Trinajstić information content (AvgIpc) is 2.35. The Morgan fingerprint density at radius 1 is 1.28 bits per heavy atom. The SMILES string of the molecule is CCCNC(=O)C(Cl)c1ccc(CC(C)C)cc1. The molecule has 0 aliphatic carbocycles. The lowest BCUT2D eigenvalue weighted by Crippen LogP contribution is -2.27. The van der Waals surface area contributed by atoms with Gasteiger partial charge in [-0.05, 0) is 29.9 Å². The molecule has 0 saturated heterocycles. The van der Waals surface area contributed by atoms with Gasteiger partial charge in [-0.25, -0.2) is 0 Å². The van der Waals surface area contributed by atoms with Crippen LogP contribution in [0.3, 0.4) is 0 Å². The first-order chi connectivity index (χ1) is 8.54. The van der Waals surface area contributed by atoms with Crippen molar-refractivity contribution >= 4 is 17.5 Å². The highest BCUT2D eigenvalue weighted by Gasteiger charge is 2.16. The molecule has 1 unspecified atom stereocenters. The van der Waals surface area contributed by atoms with Gasteiger partial charge in [0.25, 0.3) is 0 Å². The molecule has 0 saturated carbocycles. The van der Waals surface area contributed by atoms with Crippen LogP contribution in [-0.4, -0.2) is 12.5 Å². The summed E-state index contributed by atoms with van der Waals surface area (Å²) in [6, 6.07) is 8.00. The lowest BCUT2D eigenvalue weighted by Gasteiger charge is -2.11. The zero-order chi connectivity index (χ0) is 13.5. The van der Waals surface area contributed by atoms with E-state index in [9.17, 15) is 4.79 Å². The standard InChI is InChI=1S/C15H22ClNO/c1-4-9-17-15(18)14(16)13-7-5-12(6-8-13)10-11(2)3/h5-8,11,14H,4,9-10H2,1-3H3,(H,17,18). The van der Waals surface area contributed by atoms with Crippen LogP contribution in [0.4, 0.5) is 0 Å². The molecule has 1 amide bonds. The van der Waals surface area contributed by atoms with Crippen molar-refractivity contribution in [2.24, 2.45) is 5.92 Å². The summed E-state index contributed by atoms with van der Waals surface area (Å²) in [6.45, 7) is 7.07. The maximum atomic E-state index is 11.7. The smallest absolute Gasteiger partial charge is 0.242 e. The molecule has 1 aromatic rings. The van der Waals surface area contributed by atoms with Crippen molar-refractivity contribution in [2.75, 3.05) is 6.54 Å². The maximum absolute atomic E-state index is 11.7. The molecule has 0 aliphatic heterocycles. The summed E-state index contributed by atoms with van der Waals surface area (Å²) in [6.07, 6.45) is 1.97. The highest BCUT2D eigenvalue weighted by Crippen LogP contribution is 2.21. The van der Waals surface area contributed by atoms with Crippen molar-refractivity contribution in [3.05, 3.63) is 35.4 Å². The van der Waals surface area contributed by atoms with Crippen LogP contribution in [0.2, 0.25) is 0 Å². The van der Waals surface area contributed by atoms with Crippen molar-refractivity contribution < 1.29 is 4.79 Å². The van der Waals surface area contributed by atoms with E-state index in [1.165, 1.54) is 5.56 Å². The second-order valence-electron chi connectivity index (χ2n) is 4.99. The Morgan fingerprint density at radius 2 is 1.89 bits per heavy atom. The van der Waals surface area contributed by atoms with E-state index in [0.717, 1.165) is 18.4 Å². The molecule has 18 heavy (non-hydrogen) atoms. The summed E-state index contributed by atoms with van der Waals surface area (Å²) in [5.74, 6) is 0.519. The topological polar surface area (TPSA) is 29.1 Å². The highest BCUT2D eigenvalue weighted by atomic mass is 35.5. The number of nitrogens with one attached hydrogen (secondary N) is 1. The molecule has 1 atom stereocenters. The second-order valence-corrected chi connectivity index (χ2v) is 5.43. The van der Waals surface area contributed by atoms with E-state index in [0.29, 0.717) is 12.5 Å². The molecular weight excluding hydrogens is 246 g/mol. The first-order valence-corrected chi connectivity index (χ1v) is 6.98. The number of hydrogen-bond donors (Lipinski definition) is 1. The predicted molar refractivity (Wildman–Crippen MR) is 76.9 cm³/mol. The van der Waals surface area contributed by atoms with Gasteiger partial charge in [0.15, 0.2) is 0 Å². The van der Waals surface area contributed by atoms with Crippen LogP contribution in [0.25, 0.3) is 0 Å². The minimum atomic E-state index is -0.593. The Labute approximate surface area is 115 Å². The Morgan fingerprint density at radius 3 is 2.39 bits per heavy atom. The lowest BCUT2D eigenvalue weighted by atomic mass is 10.0. The van der Waals surface area contributed by atoms with Gasteiger partial charge in [0.05, 0.1) is 0 Å². The van der Waals surface area contributed by atoms with Gasteiger partial charge in [-0.3, -0.25) is 4.79 Å². The van der Waals surface area contributed by atoms with Gasteiger partial charge in [-0.1, -0.05) is 45.0 Å². The van der Waals surface area contributed by atoms with Gasteiger partial charge in [-0.15, -0.1) is 11.6 Å². The van der Waals surface area contributed by atoms with Gasteiger partial charge < -0.3 is 5.32 Å². The summed E-state index contributed by atoms with van der Waals surface area (Å²) in [4.78, 5) is 11.7. The molecule has 0 aliphatic rings. The minimum absolute atomic E-state index is 0.116. The highest BCUT2D eigenvalue weighted by molar-refractivity contribution is 6.30. The van der Waals surface area contributed by atoms with E-state index in [-0.39, 0.29) is 5.91 Å². The Kier molecular flexibility index (Phi) is 6.20. The summed E-state index contributed by atoms with van der Waals surface area (Å²) >= 11 is 6.14. The Balaban J connectivity index is 2.63. The molecule has 1 N–H and O–H groups in total. The van der Waals surface area contributed by atoms with Crippen LogP contribution >= 0.6 is 11.6 Å². The van der Waals surface area contributed by atoms with Crippen molar-refractivity contribution in [1.82, 2.24) is 5.32 Å². The van der Waals surface area contributed by atoms with Crippen molar-refractivity contribution in [1.29, 1.82) is 0 Å². The number of amides is 1. The summed E-state index contributed by atoms with van der Waals surface area (Å²) in [5, 5.41) is 2.21. The number of alkyl halides is 1.